The highest BCUT2D eigenvalue weighted by molar-refractivity contribution is 5.80. The molecule has 5 nitrogen and oxygen atoms in total. The Morgan fingerprint density at radius 2 is 2.11 bits per heavy atom. The Labute approximate surface area is 105 Å². The van der Waals surface area contributed by atoms with E-state index >= 15 is 0 Å². The number of hydrogen-bond donors (Lipinski definition) is 2. The first-order valence-corrected chi connectivity index (χ1v) is 5.94. The molecular formula is C13H16N2O3. The predicted molar refractivity (Wildman–Crippen MR) is 65.7 cm³/mol. The lowest BCUT2D eigenvalue weighted by Gasteiger charge is -2.22. The van der Waals surface area contributed by atoms with E-state index in [-0.39, 0.29) is 18.5 Å². The van der Waals surface area contributed by atoms with Gasteiger partial charge in [0.2, 0.25) is 5.91 Å². The van der Waals surface area contributed by atoms with Crippen LogP contribution in [-0.4, -0.2) is 34.6 Å². The second kappa shape index (κ2) is 5.64. The highest BCUT2D eigenvalue weighted by Crippen LogP contribution is 2.14. The van der Waals surface area contributed by atoms with Crippen LogP contribution >= 0.6 is 0 Å². The zero-order chi connectivity index (χ0) is 13.0. The second-order valence-electron chi connectivity index (χ2n) is 4.41. The van der Waals surface area contributed by atoms with Gasteiger partial charge in [0.25, 0.3) is 0 Å². The molecule has 0 spiro atoms. The molecule has 0 radical (unpaired) electrons. The van der Waals surface area contributed by atoms with Crippen molar-refractivity contribution in [1.82, 2.24) is 10.2 Å². The minimum Gasteiger partial charge on any atom is -0.481 e. The summed E-state index contributed by atoms with van der Waals surface area (Å²) in [5.41, 5.74) is 1.12. The molecule has 0 aromatic heterocycles. The van der Waals surface area contributed by atoms with Crippen LogP contribution in [0.4, 0.5) is 0 Å². The topological polar surface area (TPSA) is 69.6 Å². The van der Waals surface area contributed by atoms with E-state index < -0.39 is 5.97 Å². The molecule has 5 heteroatoms. The smallest absolute Gasteiger partial charge is 0.303 e. The average molecular weight is 248 g/mol. The van der Waals surface area contributed by atoms with Crippen LogP contribution in [0.1, 0.15) is 18.4 Å². The molecule has 96 valence electrons. The van der Waals surface area contributed by atoms with E-state index in [1.165, 1.54) is 0 Å². The van der Waals surface area contributed by atoms with E-state index in [9.17, 15) is 9.59 Å². The molecule has 0 aliphatic carbocycles. The predicted octanol–water partition coefficient (Wildman–Crippen LogP) is 0.809. The fourth-order valence-corrected chi connectivity index (χ4v) is 2.12. The van der Waals surface area contributed by atoms with Gasteiger partial charge in [0.15, 0.2) is 0 Å². The zero-order valence-electron chi connectivity index (χ0n) is 10.0. The third kappa shape index (κ3) is 3.30. The van der Waals surface area contributed by atoms with Gasteiger partial charge in [-0.05, 0) is 12.0 Å². The summed E-state index contributed by atoms with van der Waals surface area (Å²) in [6.45, 7) is 0.989. The van der Waals surface area contributed by atoms with E-state index in [1.807, 2.05) is 35.2 Å². The van der Waals surface area contributed by atoms with Crippen LogP contribution in [0, 0.1) is 0 Å². The fourth-order valence-electron chi connectivity index (χ4n) is 2.12. The van der Waals surface area contributed by atoms with Gasteiger partial charge >= 0.3 is 5.97 Å². The molecule has 1 atom stereocenters. The second-order valence-corrected chi connectivity index (χ2v) is 4.41. The minimum absolute atomic E-state index is 0.0404. The van der Waals surface area contributed by atoms with Crippen LogP contribution in [0.25, 0.3) is 0 Å². The number of carboxylic acid groups (broad SMARTS) is 1. The van der Waals surface area contributed by atoms with Crippen molar-refractivity contribution >= 4 is 11.9 Å². The summed E-state index contributed by atoms with van der Waals surface area (Å²) < 4.78 is 0. The number of aliphatic carboxylic acids is 1. The summed E-state index contributed by atoms with van der Waals surface area (Å²) in [6.07, 6.45) is 0.332. The number of nitrogens with one attached hydrogen (secondary N) is 1. The first-order valence-electron chi connectivity index (χ1n) is 5.94. The van der Waals surface area contributed by atoms with E-state index in [4.69, 9.17) is 5.11 Å². The molecule has 1 unspecified atom stereocenters. The molecular weight excluding hydrogens is 232 g/mol. The first-order chi connectivity index (χ1) is 8.65. The third-order valence-electron chi connectivity index (χ3n) is 2.98. The number of carbonyl (C=O) groups is 2. The van der Waals surface area contributed by atoms with Crippen molar-refractivity contribution in [3.05, 3.63) is 35.9 Å². The number of carbonyl (C=O) groups excluding carboxylic acids is 1. The van der Waals surface area contributed by atoms with Gasteiger partial charge < -0.3 is 10.4 Å². The third-order valence-corrected chi connectivity index (χ3v) is 2.98. The molecule has 18 heavy (non-hydrogen) atoms. The van der Waals surface area contributed by atoms with Gasteiger partial charge in [-0.2, -0.15) is 0 Å². The molecule has 1 aromatic carbocycles. The summed E-state index contributed by atoms with van der Waals surface area (Å²) in [5, 5.41) is 11.5. The van der Waals surface area contributed by atoms with Crippen LogP contribution in [-0.2, 0) is 16.1 Å². The van der Waals surface area contributed by atoms with Gasteiger partial charge in [0, 0.05) is 13.0 Å². The van der Waals surface area contributed by atoms with Crippen LogP contribution in [0.3, 0.4) is 0 Å². The summed E-state index contributed by atoms with van der Waals surface area (Å²) in [6, 6.07) is 9.84. The number of rotatable bonds is 5. The van der Waals surface area contributed by atoms with Gasteiger partial charge in [0.1, 0.15) is 0 Å². The van der Waals surface area contributed by atoms with Crippen LogP contribution in [0.15, 0.2) is 30.3 Å². The SMILES string of the molecule is O=C(O)CCC1NC(=O)CN1Cc1ccccc1. The Kier molecular flexibility index (Phi) is 3.94. The Morgan fingerprint density at radius 3 is 2.78 bits per heavy atom. The number of nitrogens with zero attached hydrogens (tertiary/aromatic N) is 1. The monoisotopic (exact) mass is 248 g/mol. The largest absolute Gasteiger partial charge is 0.481 e. The summed E-state index contributed by atoms with van der Waals surface area (Å²) in [7, 11) is 0. The molecule has 1 fully saturated rings. The summed E-state index contributed by atoms with van der Waals surface area (Å²) in [5.74, 6) is -0.878. The lowest BCUT2D eigenvalue weighted by molar-refractivity contribution is -0.137. The van der Waals surface area contributed by atoms with Gasteiger partial charge in [-0.1, -0.05) is 30.3 Å². The maximum atomic E-state index is 11.4. The van der Waals surface area contributed by atoms with Crippen LogP contribution in [0.2, 0.25) is 0 Å². The molecule has 1 heterocycles. The molecule has 1 saturated heterocycles. The van der Waals surface area contributed by atoms with Crippen molar-refractivity contribution < 1.29 is 14.7 Å². The van der Waals surface area contributed by atoms with E-state index in [0.29, 0.717) is 19.5 Å². The average Bonchev–Trinajstić information content (AvgIpc) is 2.68. The van der Waals surface area contributed by atoms with Gasteiger partial charge in [0.05, 0.1) is 12.7 Å². The van der Waals surface area contributed by atoms with Gasteiger partial charge in [-0.15, -0.1) is 0 Å². The van der Waals surface area contributed by atoms with Crippen molar-refractivity contribution in [2.45, 2.75) is 25.6 Å². The van der Waals surface area contributed by atoms with Gasteiger partial charge in [-0.25, -0.2) is 0 Å². The Morgan fingerprint density at radius 1 is 1.39 bits per heavy atom. The number of amides is 1. The van der Waals surface area contributed by atoms with Crippen molar-refractivity contribution in [3.8, 4) is 0 Å². The van der Waals surface area contributed by atoms with E-state index in [0.717, 1.165) is 5.56 Å². The van der Waals surface area contributed by atoms with Crippen molar-refractivity contribution in [2.24, 2.45) is 0 Å². The lowest BCUT2D eigenvalue weighted by Crippen LogP contribution is -2.36. The molecule has 2 rings (SSSR count). The molecule has 0 saturated carbocycles. The van der Waals surface area contributed by atoms with E-state index in [1.54, 1.807) is 0 Å². The molecule has 1 amide bonds. The Bertz CT molecular complexity index is 433. The molecule has 1 aromatic rings. The molecule has 0 bridgehead atoms. The van der Waals surface area contributed by atoms with Crippen molar-refractivity contribution in [3.63, 3.8) is 0 Å². The summed E-state index contributed by atoms with van der Waals surface area (Å²) in [4.78, 5) is 23.9. The normalized spacial score (nSPS) is 19.8. The minimum atomic E-state index is -0.837. The number of benzene rings is 1. The van der Waals surface area contributed by atoms with E-state index in [2.05, 4.69) is 5.32 Å². The van der Waals surface area contributed by atoms with Crippen LogP contribution in [0.5, 0.6) is 0 Å². The fraction of sp³-hybridized carbons (Fsp3) is 0.385. The maximum Gasteiger partial charge on any atom is 0.303 e. The lowest BCUT2D eigenvalue weighted by atomic mass is 10.2. The summed E-state index contributed by atoms with van der Waals surface area (Å²) >= 11 is 0. The number of carboxylic acids is 1. The van der Waals surface area contributed by atoms with Crippen molar-refractivity contribution in [2.75, 3.05) is 6.54 Å². The zero-order valence-corrected chi connectivity index (χ0v) is 10.0. The van der Waals surface area contributed by atoms with Crippen LogP contribution < -0.4 is 5.32 Å². The Hall–Kier alpha value is -1.88. The highest BCUT2D eigenvalue weighted by Gasteiger charge is 2.29. The Balaban J connectivity index is 1.96. The number of hydrogen-bond acceptors (Lipinski definition) is 3. The quantitative estimate of drug-likeness (QED) is 0.809. The maximum absolute atomic E-state index is 11.4. The molecule has 1 aliphatic heterocycles. The first kappa shape index (κ1) is 12.6. The van der Waals surface area contributed by atoms with Gasteiger partial charge in [-0.3, -0.25) is 14.5 Å². The highest BCUT2D eigenvalue weighted by atomic mass is 16.4. The molecule has 2 N–H and O–H groups in total. The van der Waals surface area contributed by atoms with Crippen molar-refractivity contribution in [1.29, 1.82) is 0 Å². The molecule has 1 aliphatic rings. The standard InChI is InChI=1S/C13H16N2O3/c16-12-9-15(8-10-4-2-1-3-5-10)11(14-12)6-7-13(17)18/h1-5,11H,6-9H2,(H,14,16)(H,17,18).